The van der Waals surface area contributed by atoms with E-state index in [4.69, 9.17) is 4.74 Å². The molecule has 0 saturated carbocycles. The molecule has 1 aromatic heterocycles. The predicted octanol–water partition coefficient (Wildman–Crippen LogP) is 3.51. The van der Waals surface area contributed by atoms with E-state index >= 15 is 0 Å². The van der Waals surface area contributed by atoms with E-state index in [1.165, 1.54) is 18.4 Å². The van der Waals surface area contributed by atoms with E-state index in [-0.39, 0.29) is 11.5 Å². The number of aryl methyl sites for hydroxylation is 1. The number of anilines is 1. The molecule has 0 aliphatic rings. The van der Waals surface area contributed by atoms with Crippen molar-refractivity contribution in [3.63, 3.8) is 0 Å². The summed E-state index contributed by atoms with van der Waals surface area (Å²) in [6.07, 6.45) is -0.859. The summed E-state index contributed by atoms with van der Waals surface area (Å²) in [6, 6.07) is 6.69. The van der Waals surface area contributed by atoms with Crippen molar-refractivity contribution in [3.8, 4) is 5.75 Å². The monoisotopic (exact) mass is 376 g/mol. The topological polar surface area (TPSA) is 93.7 Å². The third-order valence-corrected chi connectivity index (χ3v) is 4.79. The van der Waals surface area contributed by atoms with Crippen LogP contribution in [0.2, 0.25) is 0 Å². The van der Waals surface area contributed by atoms with E-state index in [0.29, 0.717) is 28.5 Å². The Bertz CT molecular complexity index is 827. The Morgan fingerprint density at radius 1 is 1.08 bits per heavy atom. The van der Waals surface area contributed by atoms with Gasteiger partial charge in [0.1, 0.15) is 10.8 Å². The third kappa shape index (κ3) is 4.40. The number of benzene rings is 1. The molecule has 8 heteroatoms. The van der Waals surface area contributed by atoms with Crippen LogP contribution in [0.15, 0.2) is 24.3 Å². The fourth-order valence-corrected chi connectivity index (χ4v) is 3.29. The van der Waals surface area contributed by atoms with Crippen LogP contribution in [0.3, 0.4) is 0 Å². The summed E-state index contributed by atoms with van der Waals surface area (Å²) in [4.78, 5) is 37.0. The van der Waals surface area contributed by atoms with Crippen LogP contribution in [0.5, 0.6) is 5.75 Å². The number of methoxy groups -OCH3 is 1. The van der Waals surface area contributed by atoms with Gasteiger partial charge in [0.15, 0.2) is 0 Å². The first-order valence-electron chi connectivity index (χ1n) is 7.90. The highest BCUT2D eigenvalue weighted by Crippen LogP contribution is 2.32. The van der Waals surface area contributed by atoms with Gasteiger partial charge >= 0.3 is 6.09 Å². The van der Waals surface area contributed by atoms with E-state index < -0.39 is 12.0 Å². The molecule has 2 aromatic rings. The molecule has 0 atom stereocenters. The number of nitrogens with one attached hydrogen (secondary N) is 2. The smallest absolute Gasteiger partial charge is 0.413 e. The summed E-state index contributed by atoms with van der Waals surface area (Å²) in [5.74, 6) is -0.313. The highest BCUT2D eigenvalue weighted by Gasteiger charge is 2.23. The van der Waals surface area contributed by atoms with Crippen molar-refractivity contribution in [2.75, 3.05) is 19.0 Å². The maximum atomic E-state index is 12.5. The first-order valence-corrected chi connectivity index (χ1v) is 8.72. The van der Waals surface area contributed by atoms with E-state index in [2.05, 4.69) is 15.4 Å². The zero-order valence-corrected chi connectivity index (χ0v) is 15.8. The number of rotatable bonds is 5. The van der Waals surface area contributed by atoms with Crippen LogP contribution in [0.4, 0.5) is 9.80 Å². The van der Waals surface area contributed by atoms with Crippen molar-refractivity contribution in [2.24, 2.45) is 0 Å². The average molecular weight is 376 g/mol. The molecular weight excluding hydrogens is 356 g/mol. The second-order valence-electron chi connectivity index (χ2n) is 5.34. The van der Waals surface area contributed by atoms with Gasteiger partial charge in [0.25, 0.3) is 11.8 Å². The largest absolute Gasteiger partial charge is 0.494 e. The molecule has 0 unspecified atom stereocenters. The average Bonchev–Trinajstić information content (AvgIpc) is 2.89. The molecule has 0 radical (unpaired) electrons. The summed E-state index contributed by atoms with van der Waals surface area (Å²) >= 11 is 1.27. The molecule has 0 spiro atoms. The summed E-state index contributed by atoms with van der Waals surface area (Å²) in [5.41, 5.74) is 1.37. The molecule has 7 nitrogen and oxygen atoms in total. The van der Waals surface area contributed by atoms with Crippen molar-refractivity contribution in [3.05, 3.63) is 45.8 Å². The Kier molecular flexibility index (Phi) is 6.35. The molecular formula is C18H20N2O5S. The molecule has 0 aliphatic heterocycles. The number of ether oxygens (including phenoxy) is 2. The summed E-state index contributed by atoms with van der Waals surface area (Å²) < 4.78 is 9.79. The first kappa shape index (κ1) is 19.5. The molecule has 0 aliphatic carbocycles. The third-order valence-electron chi connectivity index (χ3n) is 3.67. The maximum absolute atomic E-state index is 12.5. The van der Waals surface area contributed by atoms with Crippen molar-refractivity contribution in [1.29, 1.82) is 0 Å². The van der Waals surface area contributed by atoms with Crippen molar-refractivity contribution >= 4 is 34.2 Å². The number of imide groups is 1. The standard InChI is InChI=1S/C18H20N2O5S/c1-5-25-13-8-6-12(7-9-13)15(21)19-17-14(10(2)11(3)26-17)16(22)20-18(23)24-4/h6-9H,5H2,1-4H3,(H,19,21)(H,20,22,23). The Hall–Kier alpha value is -2.87. The van der Waals surface area contributed by atoms with E-state index in [1.54, 1.807) is 31.2 Å². The van der Waals surface area contributed by atoms with Gasteiger partial charge in [0, 0.05) is 10.4 Å². The van der Waals surface area contributed by atoms with Gasteiger partial charge in [-0.1, -0.05) is 0 Å². The van der Waals surface area contributed by atoms with E-state index in [9.17, 15) is 14.4 Å². The van der Waals surface area contributed by atoms with Crippen LogP contribution in [0, 0.1) is 13.8 Å². The minimum Gasteiger partial charge on any atom is -0.494 e. The summed E-state index contributed by atoms with van der Waals surface area (Å²) in [5, 5.41) is 5.23. The Labute approximate surface area is 155 Å². The second-order valence-corrected chi connectivity index (χ2v) is 6.57. The van der Waals surface area contributed by atoms with Crippen LogP contribution in [-0.4, -0.2) is 31.6 Å². The number of thiophene rings is 1. The maximum Gasteiger partial charge on any atom is 0.413 e. The lowest BCUT2D eigenvalue weighted by molar-refractivity contribution is 0.0937. The van der Waals surface area contributed by atoms with Crippen LogP contribution in [0.1, 0.15) is 38.1 Å². The van der Waals surface area contributed by atoms with Gasteiger partial charge in [-0.05, 0) is 50.6 Å². The van der Waals surface area contributed by atoms with Gasteiger partial charge < -0.3 is 14.8 Å². The van der Waals surface area contributed by atoms with Crippen molar-refractivity contribution in [1.82, 2.24) is 5.32 Å². The number of hydrogen-bond donors (Lipinski definition) is 2. The van der Waals surface area contributed by atoms with Crippen LogP contribution < -0.4 is 15.4 Å². The lowest BCUT2D eigenvalue weighted by atomic mass is 10.1. The Morgan fingerprint density at radius 3 is 2.31 bits per heavy atom. The van der Waals surface area contributed by atoms with E-state index in [0.717, 1.165) is 4.88 Å². The lowest BCUT2D eigenvalue weighted by Crippen LogP contribution is -2.31. The van der Waals surface area contributed by atoms with Gasteiger partial charge in [0.2, 0.25) is 0 Å². The quantitative estimate of drug-likeness (QED) is 0.833. The highest BCUT2D eigenvalue weighted by atomic mass is 32.1. The molecule has 26 heavy (non-hydrogen) atoms. The minimum absolute atomic E-state index is 0.247. The summed E-state index contributed by atoms with van der Waals surface area (Å²) in [6.45, 7) is 6.01. The Balaban J connectivity index is 2.23. The molecule has 3 amide bonds. The SMILES string of the molecule is CCOc1ccc(C(=O)Nc2sc(C)c(C)c2C(=O)NC(=O)OC)cc1. The fraction of sp³-hybridized carbons (Fsp3) is 0.278. The predicted molar refractivity (Wildman–Crippen MR) is 99.2 cm³/mol. The number of alkyl carbamates (subject to hydrolysis) is 1. The van der Waals surface area contributed by atoms with Crippen LogP contribution >= 0.6 is 11.3 Å². The molecule has 1 heterocycles. The van der Waals surface area contributed by atoms with Crippen molar-refractivity contribution in [2.45, 2.75) is 20.8 Å². The number of carbonyl (C=O) groups excluding carboxylic acids is 3. The normalized spacial score (nSPS) is 10.2. The molecule has 1 aromatic carbocycles. The van der Waals surface area contributed by atoms with E-state index in [1.807, 2.05) is 13.8 Å². The lowest BCUT2D eigenvalue weighted by Gasteiger charge is -2.08. The molecule has 138 valence electrons. The van der Waals surface area contributed by atoms with Gasteiger partial charge in [-0.15, -0.1) is 11.3 Å². The zero-order chi connectivity index (χ0) is 19.3. The number of hydrogen-bond acceptors (Lipinski definition) is 6. The van der Waals surface area contributed by atoms with Crippen molar-refractivity contribution < 1.29 is 23.9 Å². The number of amides is 3. The molecule has 2 N–H and O–H groups in total. The first-order chi connectivity index (χ1) is 12.4. The molecule has 2 rings (SSSR count). The fourth-order valence-electron chi connectivity index (χ4n) is 2.24. The van der Waals surface area contributed by atoms with Gasteiger partial charge in [-0.25, -0.2) is 4.79 Å². The van der Waals surface area contributed by atoms with Crippen LogP contribution in [-0.2, 0) is 4.74 Å². The Morgan fingerprint density at radius 2 is 1.73 bits per heavy atom. The van der Waals surface area contributed by atoms with Gasteiger partial charge in [-0.2, -0.15) is 0 Å². The molecule has 0 fully saturated rings. The van der Waals surface area contributed by atoms with Crippen LogP contribution in [0.25, 0.3) is 0 Å². The minimum atomic E-state index is -0.859. The molecule has 0 bridgehead atoms. The number of carbonyl (C=O) groups is 3. The van der Waals surface area contributed by atoms with Gasteiger partial charge in [-0.3, -0.25) is 14.9 Å². The zero-order valence-electron chi connectivity index (χ0n) is 15.0. The summed E-state index contributed by atoms with van der Waals surface area (Å²) in [7, 11) is 1.17. The van der Waals surface area contributed by atoms with Gasteiger partial charge in [0.05, 0.1) is 19.3 Å². The highest BCUT2D eigenvalue weighted by molar-refractivity contribution is 7.16. The second kappa shape index (κ2) is 8.48. The molecule has 0 saturated heterocycles.